The molecule has 0 radical (unpaired) electrons. The highest BCUT2D eigenvalue weighted by atomic mass is 15.3. The van der Waals surface area contributed by atoms with Crippen LogP contribution in [0.3, 0.4) is 0 Å². The van der Waals surface area contributed by atoms with Crippen LogP contribution in [-0.2, 0) is 6.54 Å². The molecule has 4 nitrogen and oxygen atoms in total. The van der Waals surface area contributed by atoms with Crippen LogP contribution in [0.1, 0.15) is 6.92 Å². The third-order valence-corrected chi connectivity index (χ3v) is 2.89. The third-order valence-electron chi connectivity index (χ3n) is 2.89. The number of aromatic nitrogens is 3. The number of aryl methyl sites for hydroxylation is 1. The molecule has 2 aromatic heterocycles. The van der Waals surface area contributed by atoms with Crippen LogP contribution in [0.5, 0.6) is 0 Å². The fourth-order valence-electron chi connectivity index (χ4n) is 1.96. The van der Waals surface area contributed by atoms with E-state index in [2.05, 4.69) is 34.5 Å². The van der Waals surface area contributed by atoms with Crippen molar-refractivity contribution in [2.45, 2.75) is 13.5 Å². The van der Waals surface area contributed by atoms with Gasteiger partial charge in [0.15, 0.2) is 0 Å². The summed E-state index contributed by atoms with van der Waals surface area (Å²) >= 11 is 0. The SMILES string of the molecule is CCn1cc(Nc2nccc3ccccc23)cn1. The van der Waals surface area contributed by atoms with Gasteiger partial charge in [-0.2, -0.15) is 5.10 Å². The Kier molecular flexibility index (Phi) is 2.68. The smallest absolute Gasteiger partial charge is 0.138 e. The van der Waals surface area contributed by atoms with E-state index >= 15 is 0 Å². The van der Waals surface area contributed by atoms with Gasteiger partial charge >= 0.3 is 0 Å². The molecule has 90 valence electrons. The van der Waals surface area contributed by atoms with Crippen LogP contribution in [0, 0.1) is 0 Å². The Labute approximate surface area is 105 Å². The predicted molar refractivity (Wildman–Crippen MR) is 72.9 cm³/mol. The minimum atomic E-state index is 0.865. The first-order valence-electron chi connectivity index (χ1n) is 6.00. The van der Waals surface area contributed by atoms with Crippen molar-refractivity contribution in [2.75, 3.05) is 5.32 Å². The van der Waals surface area contributed by atoms with Crippen molar-refractivity contribution < 1.29 is 0 Å². The first-order chi connectivity index (χ1) is 8.86. The predicted octanol–water partition coefficient (Wildman–Crippen LogP) is 3.19. The summed E-state index contributed by atoms with van der Waals surface area (Å²) in [6, 6.07) is 10.2. The average molecular weight is 238 g/mol. The first kappa shape index (κ1) is 10.8. The fourth-order valence-corrected chi connectivity index (χ4v) is 1.96. The highest BCUT2D eigenvalue weighted by Crippen LogP contribution is 2.23. The minimum Gasteiger partial charge on any atom is -0.337 e. The molecule has 18 heavy (non-hydrogen) atoms. The molecule has 0 spiro atoms. The fraction of sp³-hybridized carbons (Fsp3) is 0.143. The minimum absolute atomic E-state index is 0.865. The molecule has 2 heterocycles. The lowest BCUT2D eigenvalue weighted by molar-refractivity contribution is 0.660. The molecule has 0 aliphatic heterocycles. The Morgan fingerprint density at radius 3 is 2.94 bits per heavy atom. The molecule has 0 aliphatic carbocycles. The molecule has 1 N–H and O–H groups in total. The zero-order chi connectivity index (χ0) is 12.4. The molecule has 3 rings (SSSR count). The Balaban J connectivity index is 1.99. The lowest BCUT2D eigenvalue weighted by Crippen LogP contribution is -1.94. The molecule has 0 fully saturated rings. The van der Waals surface area contributed by atoms with Crippen molar-refractivity contribution in [1.29, 1.82) is 0 Å². The lowest BCUT2D eigenvalue weighted by atomic mass is 10.1. The number of anilines is 2. The number of nitrogens with zero attached hydrogens (tertiary/aromatic N) is 3. The maximum Gasteiger partial charge on any atom is 0.138 e. The van der Waals surface area contributed by atoms with E-state index < -0.39 is 0 Å². The molecule has 1 aromatic carbocycles. The number of nitrogens with one attached hydrogen (secondary N) is 1. The molecule has 0 unspecified atom stereocenters. The molecule has 0 atom stereocenters. The highest BCUT2D eigenvalue weighted by molar-refractivity contribution is 5.92. The van der Waals surface area contributed by atoms with Crippen molar-refractivity contribution in [2.24, 2.45) is 0 Å². The second kappa shape index (κ2) is 4.49. The molecule has 0 saturated heterocycles. The van der Waals surface area contributed by atoms with Gasteiger partial charge in [0.25, 0.3) is 0 Å². The summed E-state index contributed by atoms with van der Waals surface area (Å²) in [5.41, 5.74) is 0.959. The summed E-state index contributed by atoms with van der Waals surface area (Å²) in [4.78, 5) is 4.39. The standard InChI is InChI=1S/C14H14N4/c1-2-18-10-12(9-16-18)17-14-13-6-4-3-5-11(13)7-8-15-14/h3-10H,2H2,1H3,(H,15,17). The zero-order valence-corrected chi connectivity index (χ0v) is 10.2. The summed E-state index contributed by atoms with van der Waals surface area (Å²) in [7, 11) is 0. The van der Waals surface area contributed by atoms with Gasteiger partial charge in [-0.3, -0.25) is 4.68 Å². The molecule has 0 bridgehead atoms. The van der Waals surface area contributed by atoms with E-state index in [1.807, 2.05) is 41.5 Å². The van der Waals surface area contributed by atoms with Crippen LogP contribution in [-0.4, -0.2) is 14.8 Å². The third kappa shape index (κ3) is 1.93. The van der Waals surface area contributed by atoms with Crippen molar-refractivity contribution in [3.8, 4) is 0 Å². The van der Waals surface area contributed by atoms with E-state index in [1.165, 1.54) is 5.39 Å². The second-order valence-corrected chi connectivity index (χ2v) is 4.09. The Morgan fingerprint density at radius 1 is 1.22 bits per heavy atom. The number of fused-ring (bicyclic) bond motifs is 1. The van der Waals surface area contributed by atoms with Gasteiger partial charge in [0, 0.05) is 24.3 Å². The number of pyridine rings is 1. The molecule has 0 saturated carbocycles. The number of hydrogen-bond acceptors (Lipinski definition) is 3. The van der Waals surface area contributed by atoms with Crippen molar-refractivity contribution in [3.05, 3.63) is 48.9 Å². The topological polar surface area (TPSA) is 42.7 Å². The molecular formula is C14H14N4. The van der Waals surface area contributed by atoms with Gasteiger partial charge < -0.3 is 5.32 Å². The van der Waals surface area contributed by atoms with Gasteiger partial charge in [-0.25, -0.2) is 4.98 Å². The van der Waals surface area contributed by atoms with Gasteiger partial charge in [0.1, 0.15) is 5.82 Å². The molecule has 4 heteroatoms. The quantitative estimate of drug-likeness (QED) is 0.762. The molecular weight excluding hydrogens is 224 g/mol. The van der Waals surface area contributed by atoms with Gasteiger partial charge in [0.2, 0.25) is 0 Å². The first-order valence-corrected chi connectivity index (χ1v) is 6.00. The number of benzene rings is 1. The van der Waals surface area contributed by atoms with E-state index in [0.717, 1.165) is 23.4 Å². The summed E-state index contributed by atoms with van der Waals surface area (Å²) in [6.07, 6.45) is 5.60. The molecule has 0 amide bonds. The number of hydrogen-bond donors (Lipinski definition) is 1. The number of rotatable bonds is 3. The maximum absolute atomic E-state index is 4.39. The van der Waals surface area contributed by atoms with Gasteiger partial charge in [-0.1, -0.05) is 24.3 Å². The van der Waals surface area contributed by atoms with Crippen LogP contribution >= 0.6 is 0 Å². The van der Waals surface area contributed by atoms with E-state index in [1.54, 1.807) is 0 Å². The van der Waals surface area contributed by atoms with Gasteiger partial charge in [0.05, 0.1) is 11.9 Å². The highest BCUT2D eigenvalue weighted by Gasteiger charge is 2.03. The monoisotopic (exact) mass is 238 g/mol. The van der Waals surface area contributed by atoms with E-state index in [4.69, 9.17) is 0 Å². The van der Waals surface area contributed by atoms with Crippen LogP contribution in [0.15, 0.2) is 48.9 Å². The molecule has 0 aliphatic rings. The maximum atomic E-state index is 4.39. The Morgan fingerprint density at radius 2 is 2.11 bits per heavy atom. The largest absolute Gasteiger partial charge is 0.337 e. The van der Waals surface area contributed by atoms with Crippen molar-refractivity contribution in [3.63, 3.8) is 0 Å². The normalized spacial score (nSPS) is 10.7. The van der Waals surface area contributed by atoms with Crippen molar-refractivity contribution >= 4 is 22.3 Å². The zero-order valence-electron chi connectivity index (χ0n) is 10.2. The van der Waals surface area contributed by atoms with E-state index in [-0.39, 0.29) is 0 Å². The second-order valence-electron chi connectivity index (χ2n) is 4.09. The van der Waals surface area contributed by atoms with Gasteiger partial charge in [-0.05, 0) is 18.4 Å². The summed E-state index contributed by atoms with van der Waals surface area (Å²) in [5.74, 6) is 0.865. The van der Waals surface area contributed by atoms with Crippen molar-refractivity contribution in [1.82, 2.24) is 14.8 Å². The van der Waals surface area contributed by atoms with Crippen LogP contribution < -0.4 is 5.32 Å². The molecule has 3 aromatic rings. The van der Waals surface area contributed by atoms with Crippen LogP contribution in [0.2, 0.25) is 0 Å². The lowest BCUT2D eigenvalue weighted by Gasteiger charge is -2.06. The average Bonchev–Trinajstić information content (AvgIpc) is 2.87. The summed E-state index contributed by atoms with van der Waals surface area (Å²) < 4.78 is 1.88. The Bertz CT molecular complexity index is 667. The van der Waals surface area contributed by atoms with Crippen LogP contribution in [0.25, 0.3) is 10.8 Å². The van der Waals surface area contributed by atoms with Gasteiger partial charge in [-0.15, -0.1) is 0 Å². The summed E-state index contributed by atoms with van der Waals surface area (Å²) in [5, 5.41) is 9.84. The van der Waals surface area contributed by atoms with E-state index in [9.17, 15) is 0 Å². The summed E-state index contributed by atoms with van der Waals surface area (Å²) in [6.45, 7) is 2.93. The van der Waals surface area contributed by atoms with E-state index in [0.29, 0.717) is 0 Å². The van der Waals surface area contributed by atoms with Crippen LogP contribution in [0.4, 0.5) is 11.5 Å². The Hall–Kier alpha value is -2.36.